The number of carbonyl (C=O) groups is 1. The third-order valence-corrected chi connectivity index (χ3v) is 3.40. The third-order valence-electron chi connectivity index (χ3n) is 3.40. The van der Waals surface area contributed by atoms with Gasteiger partial charge >= 0.3 is 6.09 Å². The van der Waals surface area contributed by atoms with Gasteiger partial charge in [-0.15, -0.1) is 0 Å². The Morgan fingerprint density at radius 3 is 2.44 bits per heavy atom. The Morgan fingerprint density at radius 2 is 2.06 bits per heavy atom. The van der Waals surface area contributed by atoms with Gasteiger partial charge in [-0.05, 0) is 20.8 Å². The SMILES string of the molecule is CC(C)C[N+]1(C(=O)OC(C)(C)C)CC[C@@H](CN)C1. The zero-order valence-electron chi connectivity index (χ0n) is 12.5. The summed E-state index contributed by atoms with van der Waals surface area (Å²) in [6.45, 7) is 13.3. The van der Waals surface area contributed by atoms with Gasteiger partial charge in [0.15, 0.2) is 0 Å². The number of rotatable bonds is 3. The quantitative estimate of drug-likeness (QED) is 0.790. The summed E-state index contributed by atoms with van der Waals surface area (Å²) in [6.07, 6.45) is 0.954. The second-order valence-corrected chi connectivity index (χ2v) is 7.00. The molecule has 1 aliphatic heterocycles. The van der Waals surface area contributed by atoms with Gasteiger partial charge in [0.05, 0.1) is 19.6 Å². The van der Waals surface area contributed by atoms with Gasteiger partial charge in [0.2, 0.25) is 0 Å². The van der Waals surface area contributed by atoms with E-state index >= 15 is 0 Å². The van der Waals surface area contributed by atoms with Crippen LogP contribution < -0.4 is 5.73 Å². The first kappa shape index (κ1) is 15.4. The maximum Gasteiger partial charge on any atom is 0.516 e. The third kappa shape index (κ3) is 3.95. The van der Waals surface area contributed by atoms with Gasteiger partial charge in [0, 0.05) is 24.8 Å². The van der Waals surface area contributed by atoms with Gasteiger partial charge in [-0.2, -0.15) is 4.79 Å². The maximum absolute atomic E-state index is 12.5. The highest BCUT2D eigenvalue weighted by Gasteiger charge is 2.47. The van der Waals surface area contributed by atoms with E-state index in [0.717, 1.165) is 26.1 Å². The first-order valence-electron chi connectivity index (χ1n) is 6.98. The number of ether oxygens (including phenoxy) is 1. The molecule has 1 fully saturated rings. The van der Waals surface area contributed by atoms with Crippen LogP contribution in [0.3, 0.4) is 0 Å². The molecular formula is C14H29N2O2+. The zero-order chi connectivity index (χ0) is 14.0. The second-order valence-electron chi connectivity index (χ2n) is 7.00. The molecule has 2 atom stereocenters. The Hall–Kier alpha value is -0.610. The molecule has 0 aromatic heterocycles. The molecule has 0 aliphatic carbocycles. The van der Waals surface area contributed by atoms with E-state index in [-0.39, 0.29) is 6.09 Å². The summed E-state index contributed by atoms with van der Waals surface area (Å²) in [6, 6.07) is 0. The lowest BCUT2D eigenvalue weighted by molar-refractivity contribution is -0.850. The van der Waals surface area contributed by atoms with Crippen LogP contribution in [0, 0.1) is 11.8 Å². The zero-order valence-corrected chi connectivity index (χ0v) is 12.5. The highest BCUT2D eigenvalue weighted by atomic mass is 16.6. The summed E-state index contributed by atoms with van der Waals surface area (Å²) >= 11 is 0. The van der Waals surface area contributed by atoms with Crippen LogP contribution in [0.1, 0.15) is 41.0 Å². The summed E-state index contributed by atoms with van der Waals surface area (Å²) in [5, 5.41) is 0. The Labute approximate surface area is 111 Å². The van der Waals surface area contributed by atoms with Gasteiger partial charge in [0.1, 0.15) is 5.60 Å². The molecule has 2 N–H and O–H groups in total. The minimum Gasteiger partial charge on any atom is -0.414 e. The summed E-state index contributed by atoms with van der Waals surface area (Å²) in [7, 11) is 0. The van der Waals surface area contributed by atoms with Crippen molar-refractivity contribution in [1.82, 2.24) is 0 Å². The fraction of sp³-hybridized carbons (Fsp3) is 0.929. The van der Waals surface area contributed by atoms with Crippen LogP contribution in [0.25, 0.3) is 0 Å². The van der Waals surface area contributed by atoms with E-state index in [1.165, 1.54) is 0 Å². The van der Waals surface area contributed by atoms with Crippen molar-refractivity contribution in [2.45, 2.75) is 46.6 Å². The van der Waals surface area contributed by atoms with E-state index in [1.807, 2.05) is 20.8 Å². The summed E-state index contributed by atoms with van der Waals surface area (Å²) < 4.78 is 6.07. The minimum absolute atomic E-state index is 0.0767. The summed E-state index contributed by atoms with van der Waals surface area (Å²) in [4.78, 5) is 12.5. The molecule has 0 aromatic rings. The molecule has 0 saturated carbocycles. The van der Waals surface area contributed by atoms with Crippen molar-refractivity contribution in [2.75, 3.05) is 26.2 Å². The van der Waals surface area contributed by atoms with E-state index in [1.54, 1.807) is 0 Å². The van der Waals surface area contributed by atoms with Crippen LogP contribution in [0.15, 0.2) is 0 Å². The predicted octanol–water partition coefficient (Wildman–Crippen LogP) is 2.37. The number of carbonyl (C=O) groups excluding carboxylic acids is 1. The van der Waals surface area contributed by atoms with Crippen LogP contribution in [0.5, 0.6) is 0 Å². The Balaban J connectivity index is 2.82. The lowest BCUT2D eigenvalue weighted by atomic mass is 10.1. The van der Waals surface area contributed by atoms with Crippen LogP contribution in [0.4, 0.5) is 4.79 Å². The molecule has 18 heavy (non-hydrogen) atoms. The van der Waals surface area contributed by atoms with Gasteiger partial charge in [-0.25, -0.2) is 4.48 Å². The largest absolute Gasteiger partial charge is 0.516 e. The fourth-order valence-electron chi connectivity index (χ4n) is 2.76. The number of nitrogens with zero attached hydrogens (tertiary/aromatic N) is 1. The van der Waals surface area contributed by atoms with Gasteiger partial charge < -0.3 is 10.5 Å². The molecule has 1 heterocycles. The molecule has 4 nitrogen and oxygen atoms in total. The monoisotopic (exact) mass is 257 g/mol. The highest BCUT2D eigenvalue weighted by molar-refractivity contribution is 5.60. The van der Waals surface area contributed by atoms with E-state index in [2.05, 4.69) is 13.8 Å². The summed E-state index contributed by atoms with van der Waals surface area (Å²) in [5.74, 6) is 0.935. The first-order valence-corrected chi connectivity index (χ1v) is 6.98. The van der Waals surface area contributed by atoms with Crippen molar-refractivity contribution in [3.8, 4) is 0 Å². The molecule has 1 saturated heterocycles. The van der Waals surface area contributed by atoms with Crippen LogP contribution in [-0.4, -0.2) is 42.4 Å². The second kappa shape index (κ2) is 5.57. The Bertz CT molecular complexity index is 297. The van der Waals surface area contributed by atoms with E-state index in [0.29, 0.717) is 22.9 Å². The molecular weight excluding hydrogens is 228 g/mol. The number of hydrogen-bond donors (Lipinski definition) is 1. The molecule has 0 spiro atoms. The van der Waals surface area contributed by atoms with Crippen molar-refractivity contribution in [1.29, 1.82) is 0 Å². The molecule has 106 valence electrons. The summed E-state index contributed by atoms with van der Waals surface area (Å²) in [5.41, 5.74) is 5.33. The van der Waals surface area contributed by atoms with E-state index in [9.17, 15) is 4.79 Å². The Kier molecular flexibility index (Phi) is 4.78. The van der Waals surface area contributed by atoms with Crippen molar-refractivity contribution in [3.63, 3.8) is 0 Å². The topological polar surface area (TPSA) is 52.3 Å². The van der Waals surface area contributed by atoms with Crippen LogP contribution >= 0.6 is 0 Å². The molecule has 1 amide bonds. The van der Waals surface area contributed by atoms with Crippen molar-refractivity contribution >= 4 is 6.09 Å². The molecule has 1 unspecified atom stereocenters. The average molecular weight is 257 g/mol. The smallest absolute Gasteiger partial charge is 0.414 e. The van der Waals surface area contributed by atoms with E-state index in [4.69, 9.17) is 10.5 Å². The number of quaternary nitrogens is 1. The van der Waals surface area contributed by atoms with E-state index < -0.39 is 5.60 Å². The number of nitrogens with two attached hydrogens (primary N) is 1. The Morgan fingerprint density at radius 1 is 1.44 bits per heavy atom. The number of amides is 1. The molecule has 0 radical (unpaired) electrons. The predicted molar refractivity (Wildman–Crippen MR) is 73.1 cm³/mol. The number of hydrogen-bond acceptors (Lipinski definition) is 3. The van der Waals surface area contributed by atoms with Crippen LogP contribution in [0.2, 0.25) is 0 Å². The van der Waals surface area contributed by atoms with Gasteiger partial charge in [0.25, 0.3) is 0 Å². The van der Waals surface area contributed by atoms with Gasteiger partial charge in [-0.1, -0.05) is 13.8 Å². The lowest BCUT2D eigenvalue weighted by Gasteiger charge is -2.34. The molecule has 0 aromatic carbocycles. The van der Waals surface area contributed by atoms with Crippen molar-refractivity contribution in [3.05, 3.63) is 0 Å². The normalized spacial score (nSPS) is 28.7. The molecule has 1 aliphatic rings. The first-order chi connectivity index (χ1) is 8.18. The minimum atomic E-state index is -0.417. The molecule has 4 heteroatoms. The lowest BCUT2D eigenvalue weighted by Crippen LogP contribution is -2.55. The van der Waals surface area contributed by atoms with Crippen molar-refractivity contribution < 1.29 is 14.0 Å². The van der Waals surface area contributed by atoms with Crippen molar-refractivity contribution in [2.24, 2.45) is 17.6 Å². The van der Waals surface area contributed by atoms with Gasteiger partial charge in [-0.3, -0.25) is 0 Å². The molecule has 1 rings (SSSR count). The standard InChI is InChI=1S/C14H29N2O2/c1-11(2)9-16(7-6-12(8-15)10-16)13(17)18-14(3,4)5/h11-12H,6-10,15H2,1-5H3/q+1/t12-,16?/m0/s1. The average Bonchev–Trinajstić information content (AvgIpc) is 2.59. The van der Waals surface area contributed by atoms with Crippen LogP contribution in [-0.2, 0) is 4.74 Å². The fourth-order valence-corrected chi connectivity index (χ4v) is 2.76. The maximum atomic E-state index is 12.5. The molecule has 0 bridgehead atoms. The number of likely N-dealkylation sites (tertiary alicyclic amines) is 1. The highest BCUT2D eigenvalue weighted by Crippen LogP contribution is 2.28.